The molecule has 0 saturated heterocycles. The number of hydrogen-bond acceptors (Lipinski definition) is 5. The molecule has 0 spiro atoms. The van der Waals surface area contributed by atoms with Gasteiger partial charge in [0.2, 0.25) is 0 Å². The Hall–Kier alpha value is -3.38. The summed E-state index contributed by atoms with van der Waals surface area (Å²) >= 11 is 0. The summed E-state index contributed by atoms with van der Waals surface area (Å²) in [5.74, 6) is 0.654. The lowest BCUT2D eigenvalue weighted by Gasteiger charge is -2.26. The van der Waals surface area contributed by atoms with Crippen molar-refractivity contribution in [1.29, 1.82) is 0 Å². The molecule has 6 heteroatoms. The number of carbonyl (C=O) groups is 1. The predicted molar refractivity (Wildman–Crippen MR) is 126 cm³/mol. The monoisotopic (exact) mass is 418 g/mol. The first-order valence-corrected chi connectivity index (χ1v) is 10.2. The van der Waals surface area contributed by atoms with Gasteiger partial charge in [-0.15, -0.1) is 0 Å². The first kappa shape index (κ1) is 22.3. The van der Waals surface area contributed by atoms with Crippen LogP contribution in [0.4, 0.5) is 5.69 Å². The van der Waals surface area contributed by atoms with Crippen molar-refractivity contribution in [3.8, 4) is 16.9 Å². The van der Waals surface area contributed by atoms with Gasteiger partial charge in [-0.1, -0.05) is 30.3 Å². The van der Waals surface area contributed by atoms with Crippen LogP contribution in [0.1, 0.15) is 22.0 Å². The Morgan fingerprint density at radius 1 is 1.00 bits per heavy atom. The molecule has 1 N–H and O–H groups in total. The van der Waals surface area contributed by atoms with Crippen molar-refractivity contribution in [2.45, 2.75) is 6.04 Å². The summed E-state index contributed by atoms with van der Waals surface area (Å²) in [5.41, 5.74) is 4.62. The number of amides is 1. The van der Waals surface area contributed by atoms with Gasteiger partial charge in [0.25, 0.3) is 5.91 Å². The average molecular weight is 419 g/mol. The summed E-state index contributed by atoms with van der Waals surface area (Å²) in [6, 6.07) is 17.9. The maximum atomic E-state index is 12.9. The SMILES string of the molecule is COc1ccccc1[C@H](CNC(=O)c1cncc(-c2ccc(N(C)C)cc2)c1)N(C)C. The Morgan fingerprint density at radius 2 is 1.71 bits per heavy atom. The molecule has 2 aromatic carbocycles. The summed E-state index contributed by atoms with van der Waals surface area (Å²) in [4.78, 5) is 21.3. The number of rotatable bonds is 8. The fourth-order valence-electron chi connectivity index (χ4n) is 3.48. The van der Waals surface area contributed by atoms with E-state index in [2.05, 4.69) is 32.2 Å². The number of para-hydroxylation sites is 1. The highest BCUT2D eigenvalue weighted by molar-refractivity contribution is 5.95. The van der Waals surface area contributed by atoms with Crippen molar-refractivity contribution in [3.05, 3.63) is 78.1 Å². The largest absolute Gasteiger partial charge is 0.496 e. The Labute approximate surface area is 184 Å². The Morgan fingerprint density at radius 3 is 2.35 bits per heavy atom. The van der Waals surface area contributed by atoms with Gasteiger partial charge in [0.15, 0.2) is 0 Å². The van der Waals surface area contributed by atoms with E-state index in [0.29, 0.717) is 12.1 Å². The third kappa shape index (κ3) is 5.41. The van der Waals surface area contributed by atoms with Crippen molar-refractivity contribution >= 4 is 11.6 Å². The summed E-state index contributed by atoms with van der Waals surface area (Å²) in [6.07, 6.45) is 3.37. The smallest absolute Gasteiger partial charge is 0.252 e. The molecule has 0 radical (unpaired) electrons. The van der Waals surface area contributed by atoms with Gasteiger partial charge in [-0.2, -0.15) is 0 Å². The molecule has 1 amide bonds. The number of ether oxygens (including phenoxy) is 1. The second kappa shape index (κ2) is 10.1. The second-order valence-electron chi connectivity index (χ2n) is 7.83. The second-order valence-corrected chi connectivity index (χ2v) is 7.83. The van der Waals surface area contributed by atoms with Crippen LogP contribution in [0.5, 0.6) is 5.75 Å². The molecule has 1 aromatic heterocycles. The summed E-state index contributed by atoms with van der Waals surface area (Å²) < 4.78 is 5.50. The number of hydrogen-bond donors (Lipinski definition) is 1. The standard InChI is InChI=1S/C25H30N4O2/c1-28(2)21-12-10-18(11-13-21)19-14-20(16-26-15-19)25(30)27-17-23(29(3)4)22-8-6-7-9-24(22)31-5/h6-16,23H,17H2,1-5H3,(H,27,30)/t23-/m0/s1. The van der Waals surface area contributed by atoms with E-state index in [9.17, 15) is 4.79 Å². The van der Waals surface area contributed by atoms with Crippen LogP contribution in [0.25, 0.3) is 11.1 Å². The molecule has 0 aliphatic rings. The molecule has 0 fully saturated rings. The number of carbonyl (C=O) groups excluding carboxylic acids is 1. The normalized spacial score (nSPS) is 11.8. The first-order valence-electron chi connectivity index (χ1n) is 10.2. The highest BCUT2D eigenvalue weighted by atomic mass is 16.5. The van der Waals surface area contributed by atoms with E-state index in [0.717, 1.165) is 28.1 Å². The highest BCUT2D eigenvalue weighted by Gasteiger charge is 2.19. The minimum absolute atomic E-state index is 0.0187. The molecule has 3 rings (SSSR count). The van der Waals surface area contributed by atoms with Crippen molar-refractivity contribution in [3.63, 3.8) is 0 Å². The molecule has 31 heavy (non-hydrogen) atoms. The zero-order valence-electron chi connectivity index (χ0n) is 18.8. The number of benzene rings is 2. The van der Waals surface area contributed by atoms with Crippen LogP contribution in [-0.4, -0.2) is 57.6 Å². The zero-order valence-corrected chi connectivity index (χ0v) is 18.8. The van der Waals surface area contributed by atoms with Gasteiger partial charge >= 0.3 is 0 Å². The molecule has 0 aliphatic carbocycles. The molecule has 6 nitrogen and oxygen atoms in total. The van der Waals surface area contributed by atoms with Crippen LogP contribution in [0.15, 0.2) is 67.0 Å². The summed E-state index contributed by atoms with van der Waals surface area (Å²) in [6.45, 7) is 0.452. The maximum Gasteiger partial charge on any atom is 0.252 e. The Balaban J connectivity index is 1.75. The number of aromatic nitrogens is 1. The van der Waals surface area contributed by atoms with Gasteiger partial charge in [0.05, 0.1) is 18.7 Å². The Kier molecular flexibility index (Phi) is 7.26. The van der Waals surface area contributed by atoms with Gasteiger partial charge in [-0.25, -0.2) is 0 Å². The van der Waals surface area contributed by atoms with Gasteiger partial charge in [-0.3, -0.25) is 9.78 Å². The quantitative estimate of drug-likeness (QED) is 0.602. The van der Waals surface area contributed by atoms with Crippen molar-refractivity contribution in [2.75, 3.05) is 46.7 Å². The average Bonchev–Trinajstić information content (AvgIpc) is 2.79. The Bertz CT molecular complexity index is 1020. The van der Waals surface area contributed by atoms with Crippen LogP contribution >= 0.6 is 0 Å². The number of anilines is 1. The number of methoxy groups -OCH3 is 1. The van der Waals surface area contributed by atoms with Crippen LogP contribution in [0.2, 0.25) is 0 Å². The van der Waals surface area contributed by atoms with E-state index in [1.807, 2.05) is 70.7 Å². The lowest BCUT2D eigenvalue weighted by Crippen LogP contribution is -2.34. The van der Waals surface area contributed by atoms with Crippen LogP contribution in [0.3, 0.4) is 0 Å². The van der Waals surface area contributed by atoms with Gasteiger partial charge in [-0.05, 0) is 43.9 Å². The number of nitrogens with one attached hydrogen (secondary N) is 1. The predicted octanol–water partition coefficient (Wildman–Crippen LogP) is 3.86. The lowest BCUT2D eigenvalue weighted by molar-refractivity contribution is 0.0941. The van der Waals surface area contributed by atoms with Crippen molar-refractivity contribution in [2.24, 2.45) is 0 Å². The number of nitrogens with zero attached hydrogens (tertiary/aromatic N) is 3. The molecule has 162 valence electrons. The summed E-state index contributed by atoms with van der Waals surface area (Å²) in [7, 11) is 9.65. The maximum absolute atomic E-state index is 12.9. The van der Waals surface area contributed by atoms with Crippen LogP contribution in [0, 0.1) is 0 Å². The molecule has 0 aliphatic heterocycles. The number of pyridine rings is 1. The molecule has 1 heterocycles. The topological polar surface area (TPSA) is 57.7 Å². The van der Waals surface area contributed by atoms with Crippen LogP contribution < -0.4 is 15.0 Å². The molecule has 0 unspecified atom stereocenters. The van der Waals surface area contributed by atoms with Crippen molar-refractivity contribution < 1.29 is 9.53 Å². The summed E-state index contributed by atoms with van der Waals surface area (Å²) in [5, 5.41) is 3.05. The number of likely N-dealkylation sites (N-methyl/N-ethyl adjacent to an activating group) is 1. The third-order valence-corrected chi connectivity index (χ3v) is 5.29. The van der Waals surface area contributed by atoms with E-state index in [-0.39, 0.29) is 11.9 Å². The van der Waals surface area contributed by atoms with E-state index >= 15 is 0 Å². The van der Waals surface area contributed by atoms with E-state index in [1.165, 1.54) is 0 Å². The van der Waals surface area contributed by atoms with Crippen LogP contribution in [-0.2, 0) is 0 Å². The van der Waals surface area contributed by atoms with Gasteiger partial charge in [0, 0.05) is 49.8 Å². The molecular weight excluding hydrogens is 388 g/mol. The fourth-order valence-corrected chi connectivity index (χ4v) is 3.48. The molecule has 1 atom stereocenters. The van der Waals surface area contributed by atoms with Crippen molar-refractivity contribution in [1.82, 2.24) is 15.2 Å². The van der Waals surface area contributed by atoms with E-state index in [1.54, 1.807) is 19.5 Å². The fraction of sp³-hybridized carbons (Fsp3) is 0.280. The first-order chi connectivity index (χ1) is 14.9. The van der Waals surface area contributed by atoms with E-state index < -0.39 is 0 Å². The van der Waals surface area contributed by atoms with Gasteiger partial charge < -0.3 is 19.9 Å². The van der Waals surface area contributed by atoms with Gasteiger partial charge in [0.1, 0.15) is 5.75 Å². The van der Waals surface area contributed by atoms with E-state index in [4.69, 9.17) is 4.74 Å². The molecular formula is C25H30N4O2. The minimum Gasteiger partial charge on any atom is -0.496 e. The zero-order chi connectivity index (χ0) is 22.4. The third-order valence-electron chi connectivity index (χ3n) is 5.29. The lowest BCUT2D eigenvalue weighted by atomic mass is 10.0. The molecule has 3 aromatic rings. The highest BCUT2D eigenvalue weighted by Crippen LogP contribution is 2.27. The minimum atomic E-state index is -0.152. The molecule has 0 bridgehead atoms. The molecule has 0 saturated carbocycles.